The first-order valence-electron chi connectivity index (χ1n) is 6.18. The van der Waals surface area contributed by atoms with Gasteiger partial charge in [0.25, 0.3) is 0 Å². The van der Waals surface area contributed by atoms with Gasteiger partial charge >= 0.3 is 0 Å². The summed E-state index contributed by atoms with van der Waals surface area (Å²) in [6.07, 6.45) is 4.35. The van der Waals surface area contributed by atoms with Crippen LogP contribution in [0, 0.1) is 0 Å². The van der Waals surface area contributed by atoms with Gasteiger partial charge in [0.15, 0.2) is 0 Å². The molecule has 88 valence electrons. The highest BCUT2D eigenvalue weighted by molar-refractivity contribution is 5.86. The molecule has 0 aromatic rings. The largest absolute Gasteiger partial charge is 0.341 e. The van der Waals surface area contributed by atoms with Crippen LogP contribution >= 0.6 is 0 Å². The topological polar surface area (TPSA) is 32.3 Å². The normalized spacial score (nSPS) is 25.5. The maximum Gasteiger partial charge on any atom is 0.242 e. The third kappa shape index (κ3) is 2.94. The van der Waals surface area contributed by atoms with E-state index in [0.717, 1.165) is 45.3 Å². The van der Waals surface area contributed by atoms with Gasteiger partial charge in [-0.1, -0.05) is 13.3 Å². The second-order valence-corrected chi connectivity index (χ2v) is 4.60. The van der Waals surface area contributed by atoms with Crippen molar-refractivity contribution in [2.45, 2.75) is 52.0 Å². The Bertz CT molecular complexity index is 210. The van der Waals surface area contributed by atoms with Crippen LogP contribution in [0.5, 0.6) is 0 Å². The number of rotatable bonds is 5. The van der Waals surface area contributed by atoms with Gasteiger partial charge in [0.2, 0.25) is 5.91 Å². The molecule has 1 fully saturated rings. The van der Waals surface area contributed by atoms with Crippen molar-refractivity contribution in [2.24, 2.45) is 0 Å². The first-order valence-corrected chi connectivity index (χ1v) is 6.18. The zero-order chi connectivity index (χ0) is 11.3. The maximum absolute atomic E-state index is 12.3. The summed E-state index contributed by atoms with van der Waals surface area (Å²) in [7, 11) is 0. The van der Waals surface area contributed by atoms with Crippen molar-refractivity contribution in [1.29, 1.82) is 0 Å². The quantitative estimate of drug-likeness (QED) is 0.753. The van der Waals surface area contributed by atoms with Crippen LogP contribution in [0.1, 0.15) is 46.5 Å². The number of nitrogens with zero attached hydrogens (tertiary/aromatic N) is 1. The van der Waals surface area contributed by atoms with Gasteiger partial charge in [-0.25, -0.2) is 0 Å². The van der Waals surface area contributed by atoms with Gasteiger partial charge in [0, 0.05) is 13.1 Å². The SMILES string of the molecule is CCCCN(CC)C(=O)C1(C)CCCN1. The van der Waals surface area contributed by atoms with Crippen molar-refractivity contribution in [3.05, 3.63) is 0 Å². The molecule has 0 bridgehead atoms. The molecule has 3 nitrogen and oxygen atoms in total. The Hall–Kier alpha value is -0.570. The van der Waals surface area contributed by atoms with Crippen LogP contribution in [0.4, 0.5) is 0 Å². The molecule has 3 heteroatoms. The van der Waals surface area contributed by atoms with Gasteiger partial charge < -0.3 is 10.2 Å². The van der Waals surface area contributed by atoms with Crippen LogP contribution in [0.2, 0.25) is 0 Å². The smallest absolute Gasteiger partial charge is 0.242 e. The Labute approximate surface area is 93.2 Å². The number of carbonyl (C=O) groups excluding carboxylic acids is 1. The minimum absolute atomic E-state index is 0.288. The molecule has 0 radical (unpaired) electrons. The molecule has 1 rings (SSSR count). The summed E-state index contributed by atoms with van der Waals surface area (Å²) in [5.41, 5.74) is -0.288. The lowest BCUT2D eigenvalue weighted by Gasteiger charge is -2.31. The van der Waals surface area contributed by atoms with Crippen molar-refractivity contribution in [1.82, 2.24) is 10.2 Å². The van der Waals surface area contributed by atoms with Crippen molar-refractivity contribution in [3.63, 3.8) is 0 Å². The van der Waals surface area contributed by atoms with Crippen LogP contribution in [-0.4, -0.2) is 36.0 Å². The van der Waals surface area contributed by atoms with Crippen molar-refractivity contribution in [2.75, 3.05) is 19.6 Å². The molecule has 1 unspecified atom stereocenters. The molecule has 1 heterocycles. The monoisotopic (exact) mass is 212 g/mol. The predicted octanol–water partition coefficient (Wildman–Crippen LogP) is 1.78. The molecule has 1 N–H and O–H groups in total. The third-order valence-corrected chi connectivity index (χ3v) is 3.29. The molecule has 1 aliphatic heterocycles. The van der Waals surface area contributed by atoms with Gasteiger partial charge in [-0.2, -0.15) is 0 Å². The fraction of sp³-hybridized carbons (Fsp3) is 0.917. The molecule has 1 saturated heterocycles. The average molecular weight is 212 g/mol. The van der Waals surface area contributed by atoms with E-state index in [0.29, 0.717) is 0 Å². The molecular weight excluding hydrogens is 188 g/mol. The highest BCUT2D eigenvalue weighted by atomic mass is 16.2. The highest BCUT2D eigenvalue weighted by Gasteiger charge is 2.38. The number of likely N-dealkylation sites (N-methyl/N-ethyl adjacent to an activating group) is 1. The van der Waals surface area contributed by atoms with Gasteiger partial charge in [-0.3, -0.25) is 4.79 Å². The Morgan fingerprint density at radius 1 is 1.47 bits per heavy atom. The van der Waals surface area contributed by atoms with E-state index < -0.39 is 0 Å². The Morgan fingerprint density at radius 3 is 2.67 bits per heavy atom. The number of nitrogens with one attached hydrogen (secondary N) is 1. The molecular formula is C12H24N2O. The number of amides is 1. The lowest BCUT2D eigenvalue weighted by atomic mass is 9.98. The van der Waals surface area contributed by atoms with E-state index in [1.165, 1.54) is 0 Å². The third-order valence-electron chi connectivity index (χ3n) is 3.29. The minimum atomic E-state index is -0.288. The van der Waals surface area contributed by atoms with Gasteiger partial charge in [-0.15, -0.1) is 0 Å². The van der Waals surface area contributed by atoms with E-state index in [9.17, 15) is 4.79 Å². The second-order valence-electron chi connectivity index (χ2n) is 4.60. The lowest BCUT2D eigenvalue weighted by molar-refractivity contribution is -0.137. The number of carbonyl (C=O) groups is 1. The Balaban J connectivity index is 2.55. The van der Waals surface area contributed by atoms with Crippen LogP contribution in [0.3, 0.4) is 0 Å². The van der Waals surface area contributed by atoms with E-state index in [4.69, 9.17) is 0 Å². The minimum Gasteiger partial charge on any atom is -0.341 e. The number of hydrogen-bond acceptors (Lipinski definition) is 2. The molecule has 0 saturated carbocycles. The standard InChI is InChI=1S/C12H24N2O/c1-4-6-10-14(5-2)11(15)12(3)8-7-9-13-12/h13H,4-10H2,1-3H3. The summed E-state index contributed by atoms with van der Waals surface area (Å²) in [4.78, 5) is 14.3. The molecule has 0 spiro atoms. The molecule has 0 aliphatic carbocycles. The summed E-state index contributed by atoms with van der Waals surface area (Å²) in [6, 6.07) is 0. The van der Waals surface area contributed by atoms with E-state index in [2.05, 4.69) is 19.2 Å². The fourth-order valence-electron chi connectivity index (χ4n) is 2.18. The first kappa shape index (κ1) is 12.5. The number of hydrogen-bond donors (Lipinski definition) is 1. The fourth-order valence-corrected chi connectivity index (χ4v) is 2.18. The molecule has 0 aromatic carbocycles. The zero-order valence-corrected chi connectivity index (χ0v) is 10.3. The van der Waals surface area contributed by atoms with Gasteiger partial charge in [-0.05, 0) is 39.7 Å². The molecule has 0 aromatic heterocycles. The van der Waals surface area contributed by atoms with Crippen molar-refractivity contribution >= 4 is 5.91 Å². The highest BCUT2D eigenvalue weighted by Crippen LogP contribution is 2.21. The Kier molecular flexibility index (Phi) is 4.58. The van der Waals surface area contributed by atoms with Gasteiger partial charge in [0.1, 0.15) is 0 Å². The predicted molar refractivity (Wildman–Crippen MR) is 62.8 cm³/mol. The summed E-state index contributed by atoms with van der Waals surface area (Å²) in [5.74, 6) is 0.288. The summed E-state index contributed by atoms with van der Waals surface area (Å²) >= 11 is 0. The van der Waals surface area contributed by atoms with Crippen molar-refractivity contribution < 1.29 is 4.79 Å². The zero-order valence-electron chi connectivity index (χ0n) is 10.3. The lowest BCUT2D eigenvalue weighted by Crippen LogP contribution is -2.53. The van der Waals surface area contributed by atoms with Crippen LogP contribution in [-0.2, 0) is 4.79 Å². The second kappa shape index (κ2) is 5.50. The van der Waals surface area contributed by atoms with Crippen LogP contribution < -0.4 is 5.32 Å². The molecule has 15 heavy (non-hydrogen) atoms. The average Bonchev–Trinajstić information content (AvgIpc) is 2.67. The number of unbranched alkanes of at least 4 members (excludes halogenated alkanes) is 1. The molecule has 1 atom stereocenters. The Morgan fingerprint density at radius 2 is 2.20 bits per heavy atom. The molecule has 1 aliphatic rings. The van der Waals surface area contributed by atoms with E-state index >= 15 is 0 Å². The first-order chi connectivity index (χ1) is 7.14. The van der Waals surface area contributed by atoms with Gasteiger partial charge in [0.05, 0.1) is 5.54 Å². The van der Waals surface area contributed by atoms with Crippen molar-refractivity contribution in [3.8, 4) is 0 Å². The van der Waals surface area contributed by atoms with Crippen LogP contribution in [0.15, 0.2) is 0 Å². The summed E-state index contributed by atoms with van der Waals surface area (Å²) in [5, 5.41) is 3.33. The van der Waals surface area contributed by atoms with E-state index in [1.54, 1.807) is 0 Å². The molecule has 1 amide bonds. The van der Waals surface area contributed by atoms with Crippen LogP contribution in [0.25, 0.3) is 0 Å². The maximum atomic E-state index is 12.3. The summed E-state index contributed by atoms with van der Waals surface area (Å²) < 4.78 is 0. The van der Waals surface area contributed by atoms with E-state index in [-0.39, 0.29) is 11.4 Å². The van der Waals surface area contributed by atoms with E-state index in [1.807, 2.05) is 11.8 Å². The summed E-state index contributed by atoms with van der Waals surface area (Å²) in [6.45, 7) is 8.98.